The third kappa shape index (κ3) is 4.39. The number of primary amides is 1. The lowest BCUT2D eigenvalue weighted by Crippen LogP contribution is -2.22. The normalized spacial score (nSPS) is 11.6. The summed E-state index contributed by atoms with van der Waals surface area (Å²) in [6, 6.07) is 4.56. The molecule has 2 heterocycles. The van der Waals surface area contributed by atoms with Crippen LogP contribution in [0.5, 0.6) is 0 Å². The van der Waals surface area contributed by atoms with E-state index in [-0.39, 0.29) is 18.1 Å². The van der Waals surface area contributed by atoms with E-state index in [1.807, 2.05) is 0 Å². The Bertz CT molecular complexity index is 679. The molecular weight excluding hydrogens is 310 g/mol. The molecule has 0 aromatic carbocycles. The van der Waals surface area contributed by atoms with E-state index in [0.29, 0.717) is 12.3 Å². The van der Waals surface area contributed by atoms with Crippen LogP contribution in [0.25, 0.3) is 11.3 Å². The minimum Gasteiger partial charge on any atom is -0.383 e. The van der Waals surface area contributed by atoms with Crippen LogP contribution in [0.1, 0.15) is 10.4 Å². The highest BCUT2D eigenvalue weighted by atomic mass is 28.3. The van der Waals surface area contributed by atoms with Gasteiger partial charge in [-0.1, -0.05) is 19.6 Å². The van der Waals surface area contributed by atoms with Crippen molar-refractivity contribution < 1.29 is 9.53 Å². The van der Waals surface area contributed by atoms with Gasteiger partial charge in [-0.2, -0.15) is 5.10 Å². The molecule has 23 heavy (non-hydrogen) atoms. The summed E-state index contributed by atoms with van der Waals surface area (Å²) in [6.45, 7) is 7.69. The highest BCUT2D eigenvalue weighted by molar-refractivity contribution is 6.76. The van der Waals surface area contributed by atoms with Gasteiger partial charge in [0.05, 0.1) is 0 Å². The number of ether oxygens (including phenoxy) is 1. The van der Waals surface area contributed by atoms with Crippen molar-refractivity contribution in [2.24, 2.45) is 5.73 Å². The van der Waals surface area contributed by atoms with Crippen LogP contribution < -0.4 is 11.5 Å². The number of hydrogen-bond donors (Lipinski definition) is 2. The molecule has 124 valence electrons. The van der Waals surface area contributed by atoms with Gasteiger partial charge in [0.1, 0.15) is 23.8 Å². The Hall–Kier alpha value is -2.19. The van der Waals surface area contributed by atoms with Gasteiger partial charge in [0.15, 0.2) is 0 Å². The molecule has 2 rings (SSSR count). The van der Waals surface area contributed by atoms with Crippen LogP contribution in [0.3, 0.4) is 0 Å². The van der Waals surface area contributed by atoms with Crippen molar-refractivity contribution in [2.45, 2.75) is 32.4 Å². The van der Waals surface area contributed by atoms with Crippen LogP contribution >= 0.6 is 0 Å². The molecule has 4 N–H and O–H groups in total. The summed E-state index contributed by atoms with van der Waals surface area (Å²) in [5, 5.41) is 4.38. The van der Waals surface area contributed by atoms with Gasteiger partial charge in [-0.3, -0.25) is 9.78 Å². The molecule has 2 aromatic heterocycles. The molecule has 0 saturated carbocycles. The third-order valence-corrected chi connectivity index (χ3v) is 5.11. The van der Waals surface area contributed by atoms with E-state index in [2.05, 4.69) is 29.7 Å². The number of nitrogens with zero attached hydrogens (tertiary/aromatic N) is 3. The average molecular weight is 333 g/mol. The van der Waals surface area contributed by atoms with Crippen molar-refractivity contribution in [2.75, 3.05) is 12.3 Å². The fourth-order valence-electron chi connectivity index (χ4n) is 2.06. The third-order valence-electron chi connectivity index (χ3n) is 3.40. The standard InChI is InChI=1S/C15H23N5O2Si/c1-23(2,3)9-8-22-10-20-14(16)12(15(17)21)13(19-20)11-4-6-18-7-5-11/h4-7H,8-10,16H2,1-3H3,(H2,17,21). The number of anilines is 1. The predicted octanol–water partition coefficient (Wildman–Crippen LogP) is 1.94. The van der Waals surface area contributed by atoms with Gasteiger partial charge in [-0.05, 0) is 18.2 Å². The largest absolute Gasteiger partial charge is 0.383 e. The summed E-state index contributed by atoms with van der Waals surface area (Å²) in [6.07, 6.45) is 3.25. The molecule has 0 aliphatic carbocycles. The molecule has 0 bridgehead atoms. The van der Waals surface area contributed by atoms with E-state index in [1.54, 1.807) is 24.5 Å². The molecule has 0 fully saturated rings. The molecule has 0 atom stereocenters. The van der Waals surface area contributed by atoms with Crippen molar-refractivity contribution in [1.29, 1.82) is 0 Å². The molecule has 2 aromatic rings. The van der Waals surface area contributed by atoms with E-state index in [9.17, 15) is 4.79 Å². The number of carbonyl (C=O) groups excluding carboxylic acids is 1. The Morgan fingerprint density at radius 1 is 1.30 bits per heavy atom. The molecule has 1 amide bonds. The Morgan fingerprint density at radius 2 is 1.96 bits per heavy atom. The van der Waals surface area contributed by atoms with Crippen molar-refractivity contribution >= 4 is 19.8 Å². The fourth-order valence-corrected chi connectivity index (χ4v) is 2.81. The minimum atomic E-state index is -1.15. The van der Waals surface area contributed by atoms with Crippen LogP contribution in [0.2, 0.25) is 25.7 Å². The lowest BCUT2D eigenvalue weighted by atomic mass is 10.1. The van der Waals surface area contributed by atoms with Crippen LogP contribution in [0.4, 0.5) is 5.82 Å². The maximum absolute atomic E-state index is 11.7. The first-order valence-electron chi connectivity index (χ1n) is 7.44. The first kappa shape index (κ1) is 17.2. The summed E-state index contributed by atoms with van der Waals surface area (Å²) in [5.74, 6) is -0.389. The van der Waals surface area contributed by atoms with Crippen molar-refractivity contribution in [3.05, 3.63) is 30.1 Å². The topological polar surface area (TPSA) is 109 Å². The molecule has 0 spiro atoms. The highest BCUT2D eigenvalue weighted by Crippen LogP contribution is 2.26. The smallest absolute Gasteiger partial charge is 0.254 e. The number of carbonyl (C=O) groups is 1. The molecule has 0 aliphatic heterocycles. The SMILES string of the molecule is C[Si](C)(C)CCOCn1nc(-c2ccncc2)c(C(N)=O)c1N. The predicted molar refractivity (Wildman–Crippen MR) is 92.5 cm³/mol. The molecule has 0 saturated heterocycles. The zero-order valence-corrected chi connectivity index (χ0v) is 14.7. The number of aromatic nitrogens is 3. The van der Waals surface area contributed by atoms with Crippen LogP contribution in [-0.4, -0.2) is 35.4 Å². The first-order chi connectivity index (χ1) is 10.8. The second-order valence-corrected chi connectivity index (χ2v) is 12.2. The zero-order chi connectivity index (χ0) is 17.0. The molecule has 0 unspecified atom stereocenters. The van der Waals surface area contributed by atoms with Gasteiger partial charge in [-0.25, -0.2) is 4.68 Å². The second-order valence-electron chi connectivity index (χ2n) is 6.56. The van der Waals surface area contributed by atoms with Crippen LogP contribution in [-0.2, 0) is 11.5 Å². The number of nitrogens with two attached hydrogens (primary N) is 2. The monoisotopic (exact) mass is 333 g/mol. The quantitative estimate of drug-likeness (QED) is 0.594. The summed E-state index contributed by atoms with van der Waals surface area (Å²) in [5.41, 5.74) is 12.9. The zero-order valence-electron chi connectivity index (χ0n) is 13.7. The van der Waals surface area contributed by atoms with Gasteiger partial charge in [0, 0.05) is 32.6 Å². The van der Waals surface area contributed by atoms with Gasteiger partial charge in [0.25, 0.3) is 5.91 Å². The van der Waals surface area contributed by atoms with Gasteiger partial charge in [0.2, 0.25) is 0 Å². The summed E-state index contributed by atoms with van der Waals surface area (Å²) in [7, 11) is -1.15. The molecule has 7 nitrogen and oxygen atoms in total. The Balaban J connectivity index is 2.20. The van der Waals surface area contributed by atoms with Crippen LogP contribution in [0, 0.1) is 0 Å². The molecular formula is C15H23N5O2Si. The van der Waals surface area contributed by atoms with Gasteiger partial charge < -0.3 is 16.2 Å². The minimum absolute atomic E-state index is 0.196. The van der Waals surface area contributed by atoms with E-state index >= 15 is 0 Å². The van der Waals surface area contributed by atoms with Crippen molar-refractivity contribution in [3.8, 4) is 11.3 Å². The second kappa shape index (κ2) is 6.92. The number of pyridine rings is 1. The van der Waals surface area contributed by atoms with E-state index in [0.717, 1.165) is 11.6 Å². The molecule has 0 aliphatic rings. The van der Waals surface area contributed by atoms with Crippen molar-refractivity contribution in [1.82, 2.24) is 14.8 Å². The number of rotatable bonds is 7. The van der Waals surface area contributed by atoms with E-state index < -0.39 is 14.0 Å². The van der Waals surface area contributed by atoms with Gasteiger partial charge in [-0.15, -0.1) is 0 Å². The number of nitrogen functional groups attached to an aromatic ring is 1. The summed E-state index contributed by atoms with van der Waals surface area (Å²) < 4.78 is 7.12. The summed E-state index contributed by atoms with van der Waals surface area (Å²) >= 11 is 0. The molecule has 0 radical (unpaired) electrons. The van der Waals surface area contributed by atoms with Crippen molar-refractivity contribution in [3.63, 3.8) is 0 Å². The first-order valence-corrected chi connectivity index (χ1v) is 11.1. The Labute approximate surface area is 136 Å². The lowest BCUT2D eigenvalue weighted by molar-refractivity contribution is 0.0802. The number of hydrogen-bond acceptors (Lipinski definition) is 5. The Morgan fingerprint density at radius 3 is 2.52 bits per heavy atom. The number of amides is 1. The van der Waals surface area contributed by atoms with Gasteiger partial charge >= 0.3 is 0 Å². The fraction of sp³-hybridized carbons (Fsp3) is 0.400. The Kier molecular flexibility index (Phi) is 5.17. The summed E-state index contributed by atoms with van der Waals surface area (Å²) in [4.78, 5) is 15.7. The van der Waals surface area contributed by atoms with E-state index in [4.69, 9.17) is 16.2 Å². The maximum Gasteiger partial charge on any atom is 0.254 e. The maximum atomic E-state index is 11.7. The van der Waals surface area contributed by atoms with E-state index in [1.165, 1.54) is 4.68 Å². The lowest BCUT2D eigenvalue weighted by Gasteiger charge is -2.15. The molecule has 8 heteroatoms. The average Bonchev–Trinajstić information content (AvgIpc) is 2.81. The van der Waals surface area contributed by atoms with Crippen LogP contribution in [0.15, 0.2) is 24.5 Å². The highest BCUT2D eigenvalue weighted by Gasteiger charge is 2.21.